The largest absolute Gasteiger partial charge is 0.371 e. The summed E-state index contributed by atoms with van der Waals surface area (Å²) in [4.78, 5) is 2.53. The van der Waals surface area contributed by atoms with Gasteiger partial charge in [-0.3, -0.25) is 0 Å². The molecular weight excluding hydrogens is 300 g/mol. The van der Waals surface area contributed by atoms with Crippen LogP contribution in [0.5, 0.6) is 0 Å². The molecule has 1 aromatic carbocycles. The molecule has 0 radical (unpaired) electrons. The molecule has 106 valence electrons. The van der Waals surface area contributed by atoms with Crippen molar-refractivity contribution in [3.05, 3.63) is 28.2 Å². The third-order valence-electron chi connectivity index (χ3n) is 3.67. The van der Waals surface area contributed by atoms with E-state index in [-0.39, 0.29) is 0 Å². The lowest BCUT2D eigenvalue weighted by molar-refractivity contribution is 0.552. The standard InChI is InChI=1S/C16H25BrN2/c1-12(2)9-18-10-14-8-15(17)4-5-16(14)19-7-6-13(3)11-19/h4-5,8,12-13,18H,6-7,9-11H2,1-3H3. The molecule has 19 heavy (non-hydrogen) atoms. The first-order chi connectivity index (χ1) is 9.06. The third kappa shape index (κ3) is 4.22. The summed E-state index contributed by atoms with van der Waals surface area (Å²) in [6.07, 6.45) is 1.31. The summed E-state index contributed by atoms with van der Waals surface area (Å²) in [6, 6.07) is 6.67. The number of nitrogens with one attached hydrogen (secondary N) is 1. The molecule has 2 rings (SSSR count). The minimum absolute atomic E-state index is 0.697. The smallest absolute Gasteiger partial charge is 0.0412 e. The van der Waals surface area contributed by atoms with E-state index in [9.17, 15) is 0 Å². The van der Waals surface area contributed by atoms with Gasteiger partial charge < -0.3 is 10.2 Å². The van der Waals surface area contributed by atoms with E-state index in [2.05, 4.69) is 65.1 Å². The van der Waals surface area contributed by atoms with Crippen LogP contribution in [0.25, 0.3) is 0 Å². The van der Waals surface area contributed by atoms with Gasteiger partial charge >= 0.3 is 0 Å². The van der Waals surface area contributed by atoms with Gasteiger partial charge in [-0.2, -0.15) is 0 Å². The van der Waals surface area contributed by atoms with Gasteiger partial charge in [-0.25, -0.2) is 0 Å². The summed E-state index contributed by atoms with van der Waals surface area (Å²) < 4.78 is 1.17. The Hall–Kier alpha value is -0.540. The highest BCUT2D eigenvalue weighted by Gasteiger charge is 2.20. The zero-order valence-electron chi connectivity index (χ0n) is 12.2. The van der Waals surface area contributed by atoms with Crippen LogP contribution >= 0.6 is 15.9 Å². The SMILES string of the molecule is CC(C)CNCc1cc(Br)ccc1N1CCC(C)C1. The molecule has 1 atom stereocenters. The van der Waals surface area contributed by atoms with Crippen LogP contribution in [0.2, 0.25) is 0 Å². The molecule has 0 aliphatic carbocycles. The normalized spacial score (nSPS) is 19.4. The Bertz CT molecular complexity index is 417. The van der Waals surface area contributed by atoms with E-state index in [1.165, 1.54) is 35.2 Å². The number of nitrogens with zero attached hydrogens (tertiary/aromatic N) is 1. The molecular formula is C16H25BrN2. The van der Waals surface area contributed by atoms with E-state index >= 15 is 0 Å². The number of anilines is 1. The molecule has 1 fully saturated rings. The highest BCUT2D eigenvalue weighted by Crippen LogP contribution is 2.29. The van der Waals surface area contributed by atoms with Crippen molar-refractivity contribution in [2.45, 2.75) is 33.7 Å². The van der Waals surface area contributed by atoms with Crippen LogP contribution in [0.15, 0.2) is 22.7 Å². The number of rotatable bonds is 5. The molecule has 1 aromatic rings. The van der Waals surface area contributed by atoms with Gasteiger partial charge in [-0.15, -0.1) is 0 Å². The molecule has 1 aliphatic rings. The van der Waals surface area contributed by atoms with E-state index in [1.807, 2.05) is 0 Å². The Kier molecular flexibility index (Phi) is 5.28. The fourth-order valence-electron chi connectivity index (χ4n) is 2.65. The second-order valence-electron chi connectivity index (χ2n) is 6.14. The van der Waals surface area contributed by atoms with Crippen molar-refractivity contribution in [2.75, 3.05) is 24.5 Å². The van der Waals surface area contributed by atoms with Crippen LogP contribution < -0.4 is 10.2 Å². The minimum atomic E-state index is 0.697. The van der Waals surface area contributed by atoms with Crippen LogP contribution in [0.1, 0.15) is 32.8 Å². The predicted molar refractivity (Wildman–Crippen MR) is 86.7 cm³/mol. The fraction of sp³-hybridized carbons (Fsp3) is 0.625. The maximum Gasteiger partial charge on any atom is 0.0412 e. The maximum atomic E-state index is 3.59. The summed E-state index contributed by atoms with van der Waals surface area (Å²) in [5, 5.41) is 3.56. The first-order valence-corrected chi connectivity index (χ1v) is 8.09. The van der Waals surface area contributed by atoms with Gasteiger partial charge in [0.05, 0.1) is 0 Å². The minimum Gasteiger partial charge on any atom is -0.371 e. The summed E-state index contributed by atoms with van der Waals surface area (Å²) in [5.74, 6) is 1.52. The molecule has 1 N–H and O–H groups in total. The Morgan fingerprint density at radius 2 is 2.21 bits per heavy atom. The average Bonchev–Trinajstić information content (AvgIpc) is 2.75. The second-order valence-corrected chi connectivity index (χ2v) is 7.05. The van der Waals surface area contributed by atoms with Gasteiger partial charge in [-0.1, -0.05) is 36.7 Å². The Balaban J connectivity index is 2.09. The Morgan fingerprint density at radius 1 is 1.42 bits per heavy atom. The highest BCUT2D eigenvalue weighted by atomic mass is 79.9. The van der Waals surface area contributed by atoms with Crippen LogP contribution in [0, 0.1) is 11.8 Å². The van der Waals surface area contributed by atoms with Crippen molar-refractivity contribution in [1.29, 1.82) is 0 Å². The van der Waals surface area contributed by atoms with Crippen LogP contribution in [-0.4, -0.2) is 19.6 Å². The lowest BCUT2D eigenvalue weighted by atomic mass is 10.1. The molecule has 0 bridgehead atoms. The fourth-order valence-corrected chi connectivity index (χ4v) is 3.06. The topological polar surface area (TPSA) is 15.3 Å². The molecule has 0 aromatic heterocycles. The zero-order chi connectivity index (χ0) is 13.8. The Labute approximate surface area is 125 Å². The zero-order valence-corrected chi connectivity index (χ0v) is 13.8. The molecule has 0 amide bonds. The maximum absolute atomic E-state index is 3.59. The second kappa shape index (κ2) is 6.76. The first kappa shape index (κ1) is 14.9. The van der Waals surface area contributed by atoms with E-state index in [0.717, 1.165) is 19.0 Å². The van der Waals surface area contributed by atoms with Gasteiger partial charge in [0.15, 0.2) is 0 Å². The average molecular weight is 325 g/mol. The molecule has 0 spiro atoms. The van der Waals surface area contributed by atoms with E-state index in [0.29, 0.717) is 5.92 Å². The highest BCUT2D eigenvalue weighted by molar-refractivity contribution is 9.10. The van der Waals surface area contributed by atoms with Gasteiger partial charge in [-0.05, 0) is 48.6 Å². The third-order valence-corrected chi connectivity index (χ3v) is 4.17. The van der Waals surface area contributed by atoms with E-state index in [4.69, 9.17) is 0 Å². The molecule has 0 saturated carbocycles. The van der Waals surface area contributed by atoms with E-state index in [1.54, 1.807) is 0 Å². The number of benzene rings is 1. The van der Waals surface area contributed by atoms with Crippen molar-refractivity contribution in [3.63, 3.8) is 0 Å². The molecule has 3 heteroatoms. The molecule has 1 saturated heterocycles. The molecule has 2 nitrogen and oxygen atoms in total. The van der Waals surface area contributed by atoms with Crippen molar-refractivity contribution in [3.8, 4) is 0 Å². The van der Waals surface area contributed by atoms with Crippen LogP contribution in [-0.2, 0) is 6.54 Å². The summed E-state index contributed by atoms with van der Waals surface area (Å²) in [6.45, 7) is 11.3. The summed E-state index contributed by atoms with van der Waals surface area (Å²) in [5.41, 5.74) is 2.81. The van der Waals surface area contributed by atoms with Crippen LogP contribution in [0.4, 0.5) is 5.69 Å². The first-order valence-electron chi connectivity index (χ1n) is 7.30. The lowest BCUT2D eigenvalue weighted by Gasteiger charge is -2.22. The number of halogens is 1. The Morgan fingerprint density at radius 3 is 2.84 bits per heavy atom. The van der Waals surface area contributed by atoms with Gasteiger partial charge in [0, 0.05) is 29.8 Å². The summed E-state index contributed by atoms with van der Waals surface area (Å²) >= 11 is 3.59. The molecule has 1 heterocycles. The van der Waals surface area contributed by atoms with Crippen molar-refractivity contribution in [2.24, 2.45) is 11.8 Å². The predicted octanol–water partition coefficient (Wildman–Crippen LogP) is 4.04. The number of hydrogen-bond donors (Lipinski definition) is 1. The lowest BCUT2D eigenvalue weighted by Crippen LogP contribution is -2.24. The van der Waals surface area contributed by atoms with Gasteiger partial charge in [0.25, 0.3) is 0 Å². The van der Waals surface area contributed by atoms with E-state index < -0.39 is 0 Å². The molecule has 1 unspecified atom stereocenters. The van der Waals surface area contributed by atoms with Crippen molar-refractivity contribution < 1.29 is 0 Å². The summed E-state index contributed by atoms with van der Waals surface area (Å²) in [7, 11) is 0. The van der Waals surface area contributed by atoms with Gasteiger partial charge in [0.2, 0.25) is 0 Å². The number of hydrogen-bond acceptors (Lipinski definition) is 2. The quantitative estimate of drug-likeness (QED) is 0.879. The van der Waals surface area contributed by atoms with Crippen molar-refractivity contribution in [1.82, 2.24) is 5.32 Å². The monoisotopic (exact) mass is 324 g/mol. The molecule has 1 aliphatic heterocycles. The van der Waals surface area contributed by atoms with Crippen molar-refractivity contribution >= 4 is 21.6 Å². The van der Waals surface area contributed by atoms with Gasteiger partial charge in [0.1, 0.15) is 0 Å². The van der Waals surface area contributed by atoms with Crippen LogP contribution in [0.3, 0.4) is 0 Å².